The van der Waals surface area contributed by atoms with Gasteiger partial charge in [0.15, 0.2) is 0 Å². The fraction of sp³-hybridized carbons (Fsp3) is 0.455. The van der Waals surface area contributed by atoms with E-state index in [1.165, 1.54) is 0 Å². The van der Waals surface area contributed by atoms with Crippen LogP contribution in [0.5, 0.6) is 0 Å². The van der Waals surface area contributed by atoms with Crippen LogP contribution in [0.4, 0.5) is 0 Å². The molecule has 0 aromatic heterocycles. The van der Waals surface area contributed by atoms with Gasteiger partial charge in [-0.3, -0.25) is 4.74 Å². The molecule has 160 valence electrons. The van der Waals surface area contributed by atoms with Crippen LogP contribution in [0.3, 0.4) is 0 Å². The summed E-state index contributed by atoms with van der Waals surface area (Å²) in [6, 6.07) is 15.8. The van der Waals surface area contributed by atoms with Gasteiger partial charge in [0.2, 0.25) is 0 Å². The second kappa shape index (κ2) is 11.6. The van der Waals surface area contributed by atoms with Crippen LogP contribution in [0.25, 0.3) is 0 Å². The number of methoxy groups -OCH3 is 2. The molecule has 2 unspecified atom stereocenters. The highest BCUT2D eigenvalue weighted by atomic mass is 79.9. The van der Waals surface area contributed by atoms with Gasteiger partial charge >= 0.3 is 0 Å². The van der Waals surface area contributed by atoms with Crippen molar-refractivity contribution in [2.24, 2.45) is 0 Å². The van der Waals surface area contributed by atoms with Crippen LogP contribution >= 0.6 is 31.9 Å². The van der Waals surface area contributed by atoms with Gasteiger partial charge in [-0.1, -0.05) is 56.1 Å². The molecule has 0 N–H and O–H groups in total. The minimum Gasteiger partial charge on any atom is -0.330 e. The molecule has 7 heteroatoms. The maximum atomic E-state index is 6.36. The first-order chi connectivity index (χ1) is 13.9. The van der Waals surface area contributed by atoms with E-state index in [9.17, 15) is 0 Å². The van der Waals surface area contributed by atoms with E-state index in [-0.39, 0.29) is 0 Å². The fourth-order valence-corrected chi connectivity index (χ4v) is 3.49. The summed E-state index contributed by atoms with van der Waals surface area (Å²) in [4.78, 5) is 0. The highest BCUT2D eigenvalue weighted by molar-refractivity contribution is 9.10. The topological polar surface area (TPSA) is 46.2 Å². The molecule has 0 aliphatic heterocycles. The molecule has 5 nitrogen and oxygen atoms in total. The Balaban J connectivity index is 2.34. The lowest BCUT2D eigenvalue weighted by molar-refractivity contribution is -0.494. The molecule has 0 spiro atoms. The molecule has 2 rings (SSSR count). The first-order valence-electron chi connectivity index (χ1n) is 9.47. The average molecular weight is 532 g/mol. The average Bonchev–Trinajstić information content (AvgIpc) is 2.72. The molecule has 0 fully saturated rings. The molecule has 29 heavy (non-hydrogen) atoms. The molecule has 0 aliphatic rings. The van der Waals surface area contributed by atoms with Crippen LogP contribution in [0, 0.1) is 0 Å². The van der Waals surface area contributed by atoms with Gasteiger partial charge in [0.1, 0.15) is 0 Å². The predicted octanol–water partition coefficient (Wildman–Crippen LogP) is 5.69. The Morgan fingerprint density at radius 3 is 1.28 bits per heavy atom. The van der Waals surface area contributed by atoms with Crippen LogP contribution in [0.15, 0.2) is 57.5 Å². The molecular weight excluding hydrogens is 504 g/mol. The minimum absolute atomic E-state index is 0.364. The summed E-state index contributed by atoms with van der Waals surface area (Å²) < 4.78 is 31.8. The van der Waals surface area contributed by atoms with Gasteiger partial charge in [-0.2, -0.15) is 0 Å². The zero-order valence-electron chi connectivity index (χ0n) is 17.2. The van der Waals surface area contributed by atoms with Crippen molar-refractivity contribution in [1.82, 2.24) is 0 Å². The number of ether oxygens (including phenoxy) is 5. The molecular formula is C22H28Br2O5. The monoisotopic (exact) mass is 530 g/mol. The zero-order valence-corrected chi connectivity index (χ0v) is 20.4. The van der Waals surface area contributed by atoms with Crippen molar-refractivity contribution in [3.63, 3.8) is 0 Å². The van der Waals surface area contributed by atoms with E-state index in [0.717, 1.165) is 20.1 Å². The maximum Gasteiger partial charge on any atom is 0.291 e. The Kier molecular flexibility index (Phi) is 9.75. The molecule has 0 bridgehead atoms. The number of hydrogen-bond donors (Lipinski definition) is 0. The molecule has 0 saturated heterocycles. The fourth-order valence-electron chi connectivity index (χ4n) is 2.96. The molecule has 0 amide bonds. The maximum absolute atomic E-state index is 6.36. The second-order valence-corrected chi connectivity index (χ2v) is 8.18. The van der Waals surface area contributed by atoms with Gasteiger partial charge in [0.05, 0.1) is 12.8 Å². The molecule has 0 heterocycles. The van der Waals surface area contributed by atoms with E-state index in [4.69, 9.17) is 23.7 Å². The van der Waals surface area contributed by atoms with Gasteiger partial charge in [0, 0.05) is 36.4 Å². The van der Waals surface area contributed by atoms with E-state index in [2.05, 4.69) is 31.9 Å². The number of benzene rings is 2. The summed E-state index contributed by atoms with van der Waals surface area (Å²) >= 11 is 6.92. The van der Waals surface area contributed by atoms with E-state index < -0.39 is 11.9 Å². The third-order valence-corrected chi connectivity index (χ3v) is 5.39. The Morgan fingerprint density at radius 1 is 0.655 bits per heavy atom. The lowest BCUT2D eigenvalue weighted by atomic mass is 10.1. The van der Waals surface area contributed by atoms with E-state index >= 15 is 0 Å². The summed E-state index contributed by atoms with van der Waals surface area (Å²) in [6.07, 6.45) is 0.728. The van der Waals surface area contributed by atoms with Gasteiger partial charge in [-0.25, -0.2) is 0 Å². The van der Waals surface area contributed by atoms with E-state index in [1.54, 1.807) is 14.2 Å². The lowest BCUT2D eigenvalue weighted by Gasteiger charge is -2.41. The first-order valence-corrected chi connectivity index (χ1v) is 11.1. The highest BCUT2D eigenvalue weighted by Crippen LogP contribution is 2.32. The molecule has 0 saturated carbocycles. The summed E-state index contributed by atoms with van der Waals surface area (Å²) in [7, 11) is 3.11. The first kappa shape index (κ1) is 24.5. The third kappa shape index (κ3) is 7.14. The standard InChI is InChI=1S/C22H28Br2O5/c1-5-27-21(25-3,15-17-7-11-19(23)12-8-17)29-22(26-4,28-6-2)16-18-9-13-20(24)14-10-18/h7-14H,5-6,15-16H2,1-4H3. The molecule has 2 aromatic rings. The Bertz CT molecular complexity index is 674. The second-order valence-electron chi connectivity index (χ2n) is 6.35. The molecule has 2 aromatic carbocycles. The SMILES string of the molecule is CCOC(Cc1ccc(Br)cc1)(OC)OC(Cc1ccc(Br)cc1)(OC)OCC. The number of halogens is 2. The Morgan fingerprint density at radius 2 is 1.00 bits per heavy atom. The van der Waals surface area contributed by atoms with Crippen molar-refractivity contribution in [3.8, 4) is 0 Å². The third-order valence-electron chi connectivity index (χ3n) is 4.33. The quantitative estimate of drug-likeness (QED) is 0.329. The van der Waals surface area contributed by atoms with E-state index in [1.807, 2.05) is 62.4 Å². The van der Waals surface area contributed by atoms with Gasteiger partial charge < -0.3 is 18.9 Å². The van der Waals surface area contributed by atoms with Crippen molar-refractivity contribution >= 4 is 31.9 Å². The van der Waals surface area contributed by atoms with Crippen molar-refractivity contribution in [2.75, 3.05) is 27.4 Å². The Hall–Kier alpha value is -0.800. The van der Waals surface area contributed by atoms with Crippen LogP contribution in [-0.2, 0) is 36.5 Å². The number of hydrogen-bond acceptors (Lipinski definition) is 5. The summed E-state index contributed by atoms with van der Waals surface area (Å²) in [5, 5.41) is 0. The normalized spacial score (nSPS) is 15.7. The van der Waals surface area contributed by atoms with Crippen LogP contribution in [-0.4, -0.2) is 39.4 Å². The van der Waals surface area contributed by atoms with Crippen molar-refractivity contribution in [3.05, 3.63) is 68.6 Å². The molecule has 0 aliphatic carbocycles. The van der Waals surface area contributed by atoms with Gasteiger partial charge in [0.25, 0.3) is 11.9 Å². The predicted molar refractivity (Wildman–Crippen MR) is 120 cm³/mol. The smallest absolute Gasteiger partial charge is 0.291 e. The van der Waals surface area contributed by atoms with Crippen molar-refractivity contribution in [2.45, 2.75) is 38.6 Å². The van der Waals surface area contributed by atoms with Crippen LogP contribution < -0.4 is 0 Å². The Labute approximate surface area is 189 Å². The largest absolute Gasteiger partial charge is 0.330 e. The lowest BCUT2D eigenvalue weighted by Crippen LogP contribution is -2.52. The highest BCUT2D eigenvalue weighted by Gasteiger charge is 2.45. The van der Waals surface area contributed by atoms with Crippen molar-refractivity contribution < 1.29 is 23.7 Å². The van der Waals surface area contributed by atoms with Crippen molar-refractivity contribution in [1.29, 1.82) is 0 Å². The van der Waals surface area contributed by atoms with E-state index in [0.29, 0.717) is 26.1 Å². The molecule has 2 atom stereocenters. The minimum atomic E-state index is -1.37. The van der Waals surface area contributed by atoms with Gasteiger partial charge in [-0.05, 0) is 49.2 Å². The zero-order chi connectivity index (χ0) is 21.3. The summed E-state index contributed by atoms with van der Waals surface area (Å²) in [6.45, 7) is 4.58. The summed E-state index contributed by atoms with van der Waals surface area (Å²) in [5.41, 5.74) is 1.99. The van der Waals surface area contributed by atoms with Gasteiger partial charge in [-0.15, -0.1) is 0 Å². The number of rotatable bonds is 12. The molecule has 0 radical (unpaired) electrons. The van der Waals surface area contributed by atoms with Crippen LogP contribution in [0.1, 0.15) is 25.0 Å². The van der Waals surface area contributed by atoms with Crippen LogP contribution in [0.2, 0.25) is 0 Å². The summed E-state index contributed by atoms with van der Waals surface area (Å²) in [5.74, 6) is -2.74.